The van der Waals surface area contributed by atoms with E-state index >= 15 is 0 Å². The molecule has 280 valence electrons. The van der Waals surface area contributed by atoms with Crippen LogP contribution in [0.5, 0.6) is 0 Å². The number of benzene rings is 4. The van der Waals surface area contributed by atoms with Gasteiger partial charge in [0.15, 0.2) is 39.3 Å². The van der Waals surface area contributed by atoms with Gasteiger partial charge >= 0.3 is 0 Å². The molecule has 4 aliphatic carbocycles. The van der Waals surface area contributed by atoms with Crippen LogP contribution in [0.3, 0.4) is 0 Å². The Kier molecular flexibility index (Phi) is 9.47. The smallest absolute Gasteiger partial charge is 0.182 e. The van der Waals surface area contributed by atoms with Crippen molar-refractivity contribution >= 4 is 39.3 Å². The fourth-order valence-corrected chi connectivity index (χ4v) is 17.9. The van der Waals surface area contributed by atoms with Crippen molar-refractivity contribution in [1.29, 1.82) is 0 Å². The number of rotatable bonds is 8. The maximum atomic E-state index is 14.3. The summed E-state index contributed by atoms with van der Waals surface area (Å²) in [6.45, 7) is 0. The van der Waals surface area contributed by atoms with Crippen LogP contribution in [0.2, 0.25) is 0 Å². The van der Waals surface area contributed by atoms with Gasteiger partial charge in [0.2, 0.25) is 0 Å². The predicted molar refractivity (Wildman–Crippen MR) is 208 cm³/mol. The van der Waals surface area contributed by atoms with Crippen molar-refractivity contribution in [2.45, 2.75) is 91.9 Å². The summed E-state index contributed by atoms with van der Waals surface area (Å²) in [5, 5.41) is -4.77. The second-order valence-electron chi connectivity index (χ2n) is 14.7. The molecular weight excluding hydrogens is 761 g/mol. The Labute approximate surface area is 318 Å². The lowest BCUT2D eigenvalue weighted by atomic mass is 9.70. The maximum Gasteiger partial charge on any atom is 0.182 e. The van der Waals surface area contributed by atoms with Gasteiger partial charge < -0.3 is 0 Å². The van der Waals surface area contributed by atoms with E-state index < -0.39 is 60.3 Å². The first-order valence-electron chi connectivity index (χ1n) is 18.0. The van der Waals surface area contributed by atoms with E-state index in [2.05, 4.69) is 0 Å². The van der Waals surface area contributed by atoms with Crippen molar-refractivity contribution in [3.8, 4) is 0 Å². The Morgan fingerprint density at radius 2 is 0.463 bits per heavy atom. The van der Waals surface area contributed by atoms with E-state index in [1.807, 2.05) is 0 Å². The molecule has 12 heteroatoms. The second-order valence-corrected chi connectivity index (χ2v) is 23.4. The Hall–Kier alpha value is -4.10. The van der Waals surface area contributed by atoms with Crippen molar-refractivity contribution in [3.63, 3.8) is 0 Å². The molecule has 0 amide bonds. The highest BCUT2D eigenvalue weighted by Crippen LogP contribution is 2.51. The van der Waals surface area contributed by atoms with E-state index in [1.165, 1.54) is 48.5 Å². The standard InChI is InChI=1S/C42H40O8S4/c43-51(44,35-13-5-1-6-14-35)39-25-31-21-29-23-33-27-41(53(47,48)37-17-9-3-10-18-37)42(54(49,50)38-19-11-4-12-20-38)28-34(33)24-30(29)22-32(31)26-40(39)52(45,46)36-15-7-2-8-16-36/h1-20,39-42H,21-28H2/t39-,40-,41-,42-/m1/s1. The SMILES string of the molecule is O=S(=O)(c1ccccc1)[C@@H]1CC2=C(CC3=C(C2)CC2=C(C3)C[C@@H](S(=O)(=O)c3ccccc3)[C@H](S(=O)(=O)c3ccccc3)C2)C[C@H]1S(=O)(=O)c1ccccc1. The number of sulfone groups is 4. The van der Waals surface area contributed by atoms with Crippen LogP contribution in [-0.4, -0.2) is 54.7 Å². The minimum Gasteiger partial charge on any atom is -0.223 e. The van der Waals surface area contributed by atoms with E-state index in [4.69, 9.17) is 0 Å². The van der Waals surface area contributed by atoms with Crippen LogP contribution in [0.15, 0.2) is 174 Å². The highest BCUT2D eigenvalue weighted by molar-refractivity contribution is 7.96. The Morgan fingerprint density at radius 3 is 0.648 bits per heavy atom. The molecule has 0 saturated carbocycles. The van der Waals surface area contributed by atoms with E-state index in [0.29, 0.717) is 25.7 Å². The molecule has 0 N–H and O–H groups in total. The van der Waals surface area contributed by atoms with Crippen molar-refractivity contribution in [1.82, 2.24) is 0 Å². The average molecular weight is 801 g/mol. The van der Waals surface area contributed by atoms with E-state index in [-0.39, 0.29) is 45.3 Å². The van der Waals surface area contributed by atoms with Gasteiger partial charge in [-0.15, -0.1) is 0 Å². The van der Waals surface area contributed by atoms with Gasteiger partial charge in [0, 0.05) is 0 Å². The first-order chi connectivity index (χ1) is 25.8. The van der Waals surface area contributed by atoms with E-state index in [9.17, 15) is 33.7 Å². The highest BCUT2D eigenvalue weighted by atomic mass is 32.2. The third-order valence-electron chi connectivity index (χ3n) is 11.7. The summed E-state index contributed by atoms with van der Waals surface area (Å²) in [7, 11) is -16.2. The maximum absolute atomic E-state index is 14.3. The van der Waals surface area contributed by atoms with E-state index in [0.717, 1.165) is 33.4 Å². The predicted octanol–water partition coefficient (Wildman–Crippen LogP) is 7.42. The zero-order valence-corrected chi connectivity index (χ0v) is 32.7. The molecule has 54 heavy (non-hydrogen) atoms. The first kappa shape index (κ1) is 36.9. The molecule has 0 fully saturated rings. The third-order valence-corrected chi connectivity index (χ3v) is 20.9. The van der Waals surface area contributed by atoms with Crippen LogP contribution < -0.4 is 0 Å². The van der Waals surface area contributed by atoms with Gasteiger partial charge in [0.1, 0.15) is 0 Å². The molecule has 0 radical (unpaired) electrons. The van der Waals surface area contributed by atoms with Gasteiger partial charge in [-0.1, -0.05) is 106 Å². The third kappa shape index (κ3) is 6.44. The normalized spacial score (nSPS) is 23.7. The molecule has 4 atom stereocenters. The summed E-state index contributed by atoms with van der Waals surface area (Å²) in [5.74, 6) is 0. The van der Waals surface area contributed by atoms with Gasteiger partial charge in [-0.05, 0) is 99.9 Å². The number of allylic oxidation sites excluding steroid dienone is 6. The fourth-order valence-electron chi connectivity index (χ4n) is 8.90. The molecule has 8 rings (SSSR count). The highest BCUT2D eigenvalue weighted by Gasteiger charge is 2.50. The summed E-state index contributed by atoms with van der Waals surface area (Å²) < 4.78 is 114. The van der Waals surface area contributed by atoms with Gasteiger partial charge in [-0.25, -0.2) is 33.7 Å². The minimum absolute atomic E-state index is 0.0778. The molecule has 8 nitrogen and oxygen atoms in total. The summed E-state index contributed by atoms with van der Waals surface area (Å²) in [5.41, 5.74) is 5.89. The lowest BCUT2D eigenvalue weighted by Crippen LogP contribution is -2.44. The quantitative estimate of drug-likeness (QED) is 0.168. The molecule has 0 bridgehead atoms. The summed E-state index contributed by atoms with van der Waals surface area (Å²) in [6, 6.07) is 32.1. The van der Waals surface area contributed by atoms with Crippen molar-refractivity contribution < 1.29 is 33.7 Å². The van der Waals surface area contributed by atoms with Crippen LogP contribution in [0, 0.1) is 0 Å². The van der Waals surface area contributed by atoms with Crippen molar-refractivity contribution in [3.05, 3.63) is 155 Å². The number of hydrogen-bond donors (Lipinski definition) is 0. The van der Waals surface area contributed by atoms with E-state index in [1.54, 1.807) is 72.8 Å². The first-order valence-corrected chi connectivity index (χ1v) is 24.2. The van der Waals surface area contributed by atoms with Crippen molar-refractivity contribution in [2.24, 2.45) is 0 Å². The fraction of sp³-hybridized carbons (Fsp3) is 0.286. The zero-order valence-electron chi connectivity index (χ0n) is 29.4. The number of hydrogen-bond acceptors (Lipinski definition) is 8. The lowest BCUT2D eigenvalue weighted by Gasteiger charge is -2.41. The lowest BCUT2D eigenvalue weighted by molar-refractivity contribution is 0.519. The molecule has 0 saturated heterocycles. The minimum atomic E-state index is -4.06. The summed E-state index contributed by atoms with van der Waals surface area (Å²) in [4.78, 5) is 0.346. The van der Waals surface area contributed by atoms with Crippen molar-refractivity contribution in [2.75, 3.05) is 0 Å². The molecule has 4 aromatic carbocycles. The van der Waals surface area contributed by atoms with Crippen LogP contribution in [0.1, 0.15) is 51.4 Å². The van der Waals surface area contributed by atoms with Gasteiger partial charge in [-0.3, -0.25) is 0 Å². The molecule has 4 aromatic rings. The van der Waals surface area contributed by atoms with Crippen LogP contribution in [0.25, 0.3) is 0 Å². The van der Waals surface area contributed by atoms with Crippen LogP contribution in [0.4, 0.5) is 0 Å². The van der Waals surface area contributed by atoms with Gasteiger partial charge in [0.05, 0.1) is 40.6 Å². The summed E-state index contributed by atoms with van der Waals surface area (Å²) in [6.07, 6.45) is 2.21. The molecule has 0 unspecified atom stereocenters. The van der Waals surface area contributed by atoms with Gasteiger partial charge in [-0.2, -0.15) is 0 Å². The van der Waals surface area contributed by atoms with Crippen LogP contribution in [-0.2, 0) is 39.3 Å². The molecule has 4 aliphatic rings. The largest absolute Gasteiger partial charge is 0.223 e. The molecule has 0 aromatic heterocycles. The topological polar surface area (TPSA) is 137 Å². The second kappa shape index (κ2) is 13.9. The molecule has 0 spiro atoms. The average Bonchev–Trinajstić information content (AvgIpc) is 3.19. The molecule has 0 aliphatic heterocycles. The summed E-state index contributed by atoms with van der Waals surface area (Å²) >= 11 is 0. The molecular formula is C42H40O8S4. The Morgan fingerprint density at radius 1 is 0.278 bits per heavy atom. The monoisotopic (exact) mass is 800 g/mol. The molecule has 0 heterocycles. The zero-order chi connectivity index (χ0) is 37.9. The van der Waals surface area contributed by atoms with Crippen LogP contribution >= 0.6 is 0 Å². The Bertz CT molecular complexity index is 2280. The van der Waals surface area contributed by atoms with Gasteiger partial charge in [0.25, 0.3) is 0 Å². The Balaban J connectivity index is 1.14.